The number of carbonyl (C=O) groups is 2. The molecule has 0 unspecified atom stereocenters. The normalized spacial score (nSPS) is 10.2. The Kier molecular flexibility index (Phi) is 5.01. The Hall–Kier alpha value is -2.82. The van der Waals surface area contributed by atoms with Gasteiger partial charge in [-0.3, -0.25) is 9.59 Å². The Morgan fingerprint density at radius 2 is 1.61 bits per heavy atom. The number of benzene rings is 2. The molecule has 2 amide bonds. The topological polar surface area (TPSA) is 81.4 Å². The standard InChI is InChI=1S/C18H20N2O3/c1-11-4-5-12(2)17(13(11)3)23-10-16(21)20-15-8-6-14(7-9-15)18(19)22/h4-9H,10H2,1-3H3,(H2,19,22)(H,20,21). The van der Waals surface area contributed by atoms with Crippen molar-refractivity contribution in [3.63, 3.8) is 0 Å². The summed E-state index contributed by atoms with van der Waals surface area (Å²) in [5.41, 5.74) is 9.29. The maximum atomic E-state index is 12.0. The number of amides is 2. The zero-order valence-electron chi connectivity index (χ0n) is 13.5. The number of hydrogen-bond acceptors (Lipinski definition) is 3. The molecule has 2 aromatic rings. The summed E-state index contributed by atoms with van der Waals surface area (Å²) in [5.74, 6) is -0.0297. The average Bonchev–Trinajstić information content (AvgIpc) is 2.51. The number of nitrogens with one attached hydrogen (secondary N) is 1. The minimum atomic E-state index is -0.503. The second kappa shape index (κ2) is 6.96. The van der Waals surface area contributed by atoms with Crippen LogP contribution in [0.25, 0.3) is 0 Å². The third kappa shape index (κ3) is 4.10. The number of anilines is 1. The summed E-state index contributed by atoms with van der Waals surface area (Å²) >= 11 is 0. The van der Waals surface area contributed by atoms with Gasteiger partial charge in [0, 0.05) is 11.3 Å². The van der Waals surface area contributed by atoms with E-state index in [9.17, 15) is 9.59 Å². The highest BCUT2D eigenvalue weighted by Gasteiger charge is 2.10. The molecule has 2 aromatic carbocycles. The van der Waals surface area contributed by atoms with E-state index in [-0.39, 0.29) is 12.5 Å². The first-order valence-electron chi connectivity index (χ1n) is 7.28. The lowest BCUT2D eigenvalue weighted by Crippen LogP contribution is -2.21. The molecule has 0 saturated carbocycles. The van der Waals surface area contributed by atoms with Crippen molar-refractivity contribution in [1.82, 2.24) is 0 Å². The molecule has 0 fully saturated rings. The highest BCUT2D eigenvalue weighted by atomic mass is 16.5. The van der Waals surface area contributed by atoms with Gasteiger partial charge in [0.25, 0.3) is 5.91 Å². The smallest absolute Gasteiger partial charge is 0.262 e. The summed E-state index contributed by atoms with van der Waals surface area (Å²) < 4.78 is 5.66. The number of hydrogen-bond donors (Lipinski definition) is 2. The molecule has 23 heavy (non-hydrogen) atoms. The lowest BCUT2D eigenvalue weighted by atomic mass is 10.1. The van der Waals surface area contributed by atoms with Gasteiger partial charge in [-0.2, -0.15) is 0 Å². The third-order valence-corrected chi connectivity index (χ3v) is 3.67. The Bertz CT molecular complexity index is 737. The van der Waals surface area contributed by atoms with Crippen LogP contribution in [0.3, 0.4) is 0 Å². The van der Waals surface area contributed by atoms with Crippen LogP contribution in [0.5, 0.6) is 5.75 Å². The Morgan fingerprint density at radius 3 is 2.22 bits per heavy atom. The van der Waals surface area contributed by atoms with Crippen molar-refractivity contribution in [2.45, 2.75) is 20.8 Å². The molecule has 120 valence electrons. The maximum Gasteiger partial charge on any atom is 0.262 e. The van der Waals surface area contributed by atoms with E-state index in [1.807, 2.05) is 32.9 Å². The zero-order chi connectivity index (χ0) is 17.0. The molecule has 3 N–H and O–H groups in total. The first-order chi connectivity index (χ1) is 10.9. The van der Waals surface area contributed by atoms with Crippen molar-refractivity contribution in [3.05, 3.63) is 58.7 Å². The first kappa shape index (κ1) is 16.5. The van der Waals surface area contributed by atoms with Gasteiger partial charge in [0.1, 0.15) is 5.75 Å². The second-order valence-electron chi connectivity index (χ2n) is 5.43. The van der Waals surface area contributed by atoms with Gasteiger partial charge < -0.3 is 15.8 Å². The Morgan fingerprint density at radius 1 is 1.00 bits per heavy atom. The fourth-order valence-electron chi connectivity index (χ4n) is 2.20. The Balaban J connectivity index is 1.98. The fourth-order valence-corrected chi connectivity index (χ4v) is 2.20. The van der Waals surface area contributed by atoms with Gasteiger partial charge in [-0.15, -0.1) is 0 Å². The maximum absolute atomic E-state index is 12.0. The van der Waals surface area contributed by atoms with E-state index >= 15 is 0 Å². The molecule has 2 rings (SSSR count). The van der Waals surface area contributed by atoms with E-state index in [0.717, 1.165) is 22.4 Å². The van der Waals surface area contributed by atoms with Gasteiger partial charge in [-0.05, 0) is 61.7 Å². The fraction of sp³-hybridized carbons (Fsp3) is 0.222. The molecule has 0 atom stereocenters. The van der Waals surface area contributed by atoms with Crippen LogP contribution in [-0.2, 0) is 4.79 Å². The lowest BCUT2D eigenvalue weighted by molar-refractivity contribution is -0.118. The highest BCUT2D eigenvalue weighted by molar-refractivity contribution is 5.95. The summed E-state index contributed by atoms with van der Waals surface area (Å²) in [5, 5.41) is 2.72. The van der Waals surface area contributed by atoms with Crippen LogP contribution in [0.15, 0.2) is 36.4 Å². The lowest BCUT2D eigenvalue weighted by Gasteiger charge is -2.14. The number of aryl methyl sites for hydroxylation is 2. The molecule has 0 aliphatic heterocycles. The number of nitrogens with two attached hydrogens (primary N) is 1. The second-order valence-corrected chi connectivity index (χ2v) is 5.43. The quantitative estimate of drug-likeness (QED) is 0.890. The Labute approximate surface area is 135 Å². The van der Waals surface area contributed by atoms with E-state index in [1.54, 1.807) is 24.3 Å². The van der Waals surface area contributed by atoms with Crippen LogP contribution in [0.2, 0.25) is 0 Å². The van der Waals surface area contributed by atoms with Crippen molar-refractivity contribution < 1.29 is 14.3 Å². The van der Waals surface area contributed by atoms with Gasteiger partial charge >= 0.3 is 0 Å². The van der Waals surface area contributed by atoms with E-state index in [0.29, 0.717) is 11.3 Å². The summed E-state index contributed by atoms with van der Waals surface area (Å²) in [4.78, 5) is 23.0. The highest BCUT2D eigenvalue weighted by Crippen LogP contribution is 2.25. The van der Waals surface area contributed by atoms with Crippen LogP contribution in [-0.4, -0.2) is 18.4 Å². The van der Waals surface area contributed by atoms with Crippen molar-refractivity contribution in [1.29, 1.82) is 0 Å². The van der Waals surface area contributed by atoms with Gasteiger partial charge in [0.2, 0.25) is 5.91 Å². The van der Waals surface area contributed by atoms with E-state index in [4.69, 9.17) is 10.5 Å². The summed E-state index contributed by atoms with van der Waals surface area (Å²) in [6, 6.07) is 10.4. The number of primary amides is 1. The molecule has 0 saturated heterocycles. The molecule has 0 bridgehead atoms. The minimum absolute atomic E-state index is 0.0807. The number of rotatable bonds is 5. The summed E-state index contributed by atoms with van der Waals surface area (Å²) in [7, 11) is 0. The van der Waals surface area contributed by atoms with Gasteiger partial charge in [0.05, 0.1) is 0 Å². The van der Waals surface area contributed by atoms with Crippen LogP contribution in [0.1, 0.15) is 27.0 Å². The zero-order valence-corrected chi connectivity index (χ0v) is 13.5. The first-order valence-corrected chi connectivity index (χ1v) is 7.28. The molecule has 0 aromatic heterocycles. The monoisotopic (exact) mass is 312 g/mol. The molecular weight excluding hydrogens is 292 g/mol. The van der Waals surface area contributed by atoms with Crippen LogP contribution in [0.4, 0.5) is 5.69 Å². The molecule has 5 nitrogen and oxygen atoms in total. The number of carbonyl (C=O) groups excluding carboxylic acids is 2. The number of ether oxygens (including phenoxy) is 1. The average molecular weight is 312 g/mol. The van der Waals surface area contributed by atoms with Crippen molar-refractivity contribution in [3.8, 4) is 5.75 Å². The van der Waals surface area contributed by atoms with Crippen molar-refractivity contribution in [2.24, 2.45) is 5.73 Å². The summed E-state index contributed by atoms with van der Waals surface area (Å²) in [6.45, 7) is 5.84. The van der Waals surface area contributed by atoms with Crippen LogP contribution in [0, 0.1) is 20.8 Å². The van der Waals surface area contributed by atoms with Crippen LogP contribution >= 0.6 is 0 Å². The minimum Gasteiger partial charge on any atom is -0.483 e. The SMILES string of the molecule is Cc1ccc(C)c(OCC(=O)Nc2ccc(C(N)=O)cc2)c1C. The molecule has 0 aliphatic rings. The third-order valence-electron chi connectivity index (χ3n) is 3.67. The molecule has 0 spiro atoms. The molecule has 5 heteroatoms. The molecular formula is C18H20N2O3. The predicted molar refractivity (Wildman–Crippen MR) is 89.7 cm³/mol. The van der Waals surface area contributed by atoms with Crippen molar-refractivity contribution in [2.75, 3.05) is 11.9 Å². The van der Waals surface area contributed by atoms with Crippen LogP contribution < -0.4 is 15.8 Å². The summed E-state index contributed by atoms with van der Waals surface area (Å²) in [6.07, 6.45) is 0. The van der Waals surface area contributed by atoms with Gasteiger partial charge in [0.15, 0.2) is 6.61 Å². The molecule has 0 radical (unpaired) electrons. The molecule has 0 aliphatic carbocycles. The predicted octanol–water partition coefficient (Wildman–Crippen LogP) is 2.73. The van der Waals surface area contributed by atoms with E-state index < -0.39 is 5.91 Å². The van der Waals surface area contributed by atoms with Crippen molar-refractivity contribution >= 4 is 17.5 Å². The van der Waals surface area contributed by atoms with E-state index in [1.165, 1.54) is 0 Å². The largest absolute Gasteiger partial charge is 0.483 e. The van der Waals surface area contributed by atoms with Gasteiger partial charge in [-0.1, -0.05) is 12.1 Å². The molecule has 0 heterocycles. The van der Waals surface area contributed by atoms with E-state index in [2.05, 4.69) is 5.32 Å². The van der Waals surface area contributed by atoms with Gasteiger partial charge in [-0.25, -0.2) is 0 Å².